The molecule has 1 rings (SSSR count). The highest BCUT2D eigenvalue weighted by atomic mass is 79.9. The number of nitriles is 1. The fraction of sp³-hybridized carbons (Fsp3) is 0.500. The van der Waals surface area contributed by atoms with Crippen LogP contribution in [-0.2, 0) is 6.42 Å². The van der Waals surface area contributed by atoms with Crippen molar-refractivity contribution in [2.75, 3.05) is 0 Å². The van der Waals surface area contributed by atoms with Crippen molar-refractivity contribution < 1.29 is 0 Å². The third-order valence-electron chi connectivity index (χ3n) is 2.29. The zero-order chi connectivity index (χ0) is 9.90. The zero-order valence-corrected chi connectivity index (χ0v) is 10.2. The number of hydrogen-bond donors (Lipinski definition) is 0. The van der Waals surface area contributed by atoms with Gasteiger partial charge in [-0.1, -0.05) is 6.92 Å². The lowest BCUT2D eigenvalue weighted by molar-refractivity contribution is 0.425. The summed E-state index contributed by atoms with van der Waals surface area (Å²) in [5.74, 6) is 0. The Morgan fingerprint density at radius 3 is 2.77 bits per heavy atom. The van der Waals surface area contributed by atoms with Gasteiger partial charge in [0.15, 0.2) is 0 Å². The van der Waals surface area contributed by atoms with E-state index in [1.54, 1.807) is 11.3 Å². The van der Waals surface area contributed by atoms with Crippen LogP contribution in [-0.4, -0.2) is 0 Å². The van der Waals surface area contributed by atoms with Crippen LogP contribution in [0, 0.1) is 16.7 Å². The molecule has 0 radical (unpaired) electrons. The second-order valence-corrected chi connectivity index (χ2v) is 5.25. The summed E-state index contributed by atoms with van der Waals surface area (Å²) in [7, 11) is 0. The Labute approximate surface area is 91.5 Å². The summed E-state index contributed by atoms with van der Waals surface area (Å²) in [6.45, 7) is 4.07. The molecule has 1 atom stereocenters. The summed E-state index contributed by atoms with van der Waals surface area (Å²) in [6, 6.07) is 4.41. The van der Waals surface area contributed by atoms with Crippen LogP contribution in [0.15, 0.2) is 15.9 Å². The molecule has 0 fully saturated rings. The van der Waals surface area contributed by atoms with E-state index in [9.17, 15) is 0 Å². The topological polar surface area (TPSA) is 23.8 Å². The molecule has 70 valence electrons. The Morgan fingerprint density at radius 2 is 2.38 bits per heavy atom. The SMILES string of the molecule is CCC(C)(C#N)Cc1sccc1Br. The van der Waals surface area contributed by atoms with Gasteiger partial charge in [0, 0.05) is 15.8 Å². The smallest absolute Gasteiger partial charge is 0.0690 e. The second-order valence-electron chi connectivity index (χ2n) is 3.39. The van der Waals surface area contributed by atoms with Gasteiger partial charge >= 0.3 is 0 Å². The lowest BCUT2D eigenvalue weighted by Gasteiger charge is -2.18. The first kappa shape index (κ1) is 10.7. The first-order chi connectivity index (χ1) is 6.11. The number of hydrogen-bond acceptors (Lipinski definition) is 2. The van der Waals surface area contributed by atoms with Gasteiger partial charge in [-0.05, 0) is 40.7 Å². The molecule has 1 nitrogen and oxygen atoms in total. The van der Waals surface area contributed by atoms with Gasteiger partial charge < -0.3 is 0 Å². The Balaban J connectivity index is 2.80. The standard InChI is InChI=1S/C10H12BrNS/c1-3-10(2,7-12)6-9-8(11)4-5-13-9/h4-5H,3,6H2,1-2H3. The highest BCUT2D eigenvalue weighted by molar-refractivity contribution is 9.10. The van der Waals surface area contributed by atoms with Crippen LogP contribution in [0.1, 0.15) is 25.1 Å². The van der Waals surface area contributed by atoms with Crippen molar-refractivity contribution in [3.05, 3.63) is 20.8 Å². The molecule has 1 unspecified atom stereocenters. The van der Waals surface area contributed by atoms with Gasteiger partial charge in [-0.15, -0.1) is 11.3 Å². The maximum absolute atomic E-state index is 9.01. The van der Waals surface area contributed by atoms with E-state index >= 15 is 0 Å². The Morgan fingerprint density at radius 1 is 1.69 bits per heavy atom. The molecule has 0 spiro atoms. The Kier molecular flexibility index (Phi) is 3.52. The largest absolute Gasteiger partial charge is 0.198 e. The van der Waals surface area contributed by atoms with Crippen LogP contribution in [0.3, 0.4) is 0 Å². The molecule has 1 aromatic rings. The number of rotatable bonds is 3. The molecular weight excluding hydrogens is 246 g/mol. The zero-order valence-electron chi connectivity index (χ0n) is 7.80. The lowest BCUT2D eigenvalue weighted by Crippen LogP contribution is -2.15. The molecule has 1 heterocycles. The fourth-order valence-electron chi connectivity index (χ4n) is 1.05. The Bertz CT molecular complexity index is 326. The average molecular weight is 258 g/mol. The molecule has 0 saturated carbocycles. The van der Waals surface area contributed by atoms with Crippen molar-refractivity contribution in [3.8, 4) is 6.07 Å². The average Bonchev–Trinajstić information content (AvgIpc) is 2.52. The van der Waals surface area contributed by atoms with Crippen LogP contribution >= 0.6 is 27.3 Å². The molecule has 0 aliphatic heterocycles. The molecule has 0 bridgehead atoms. The quantitative estimate of drug-likeness (QED) is 0.804. The maximum Gasteiger partial charge on any atom is 0.0690 e. The van der Waals surface area contributed by atoms with Crippen molar-refractivity contribution in [1.29, 1.82) is 5.26 Å². The monoisotopic (exact) mass is 257 g/mol. The minimum atomic E-state index is -0.215. The predicted molar refractivity (Wildman–Crippen MR) is 59.7 cm³/mol. The summed E-state index contributed by atoms with van der Waals surface area (Å²) >= 11 is 5.19. The minimum absolute atomic E-state index is 0.215. The van der Waals surface area contributed by atoms with Gasteiger partial charge in [-0.25, -0.2) is 0 Å². The van der Waals surface area contributed by atoms with E-state index in [4.69, 9.17) is 5.26 Å². The second kappa shape index (κ2) is 4.26. The predicted octanol–water partition coefficient (Wildman–Crippen LogP) is 3.99. The van der Waals surface area contributed by atoms with E-state index in [1.807, 2.05) is 18.4 Å². The van der Waals surface area contributed by atoms with Crippen molar-refractivity contribution in [2.24, 2.45) is 5.41 Å². The van der Waals surface area contributed by atoms with Crippen molar-refractivity contribution in [2.45, 2.75) is 26.7 Å². The van der Waals surface area contributed by atoms with Crippen LogP contribution in [0.2, 0.25) is 0 Å². The molecule has 0 aliphatic carbocycles. The molecule has 0 saturated heterocycles. The van der Waals surface area contributed by atoms with Gasteiger partial charge in [0.1, 0.15) is 0 Å². The number of halogens is 1. The molecule has 0 aliphatic rings. The van der Waals surface area contributed by atoms with Gasteiger partial charge in [-0.3, -0.25) is 0 Å². The van der Waals surface area contributed by atoms with Gasteiger partial charge in [0.25, 0.3) is 0 Å². The summed E-state index contributed by atoms with van der Waals surface area (Å²) in [4.78, 5) is 1.27. The van der Waals surface area contributed by atoms with E-state index in [0.717, 1.165) is 17.3 Å². The van der Waals surface area contributed by atoms with Crippen LogP contribution < -0.4 is 0 Å². The van der Waals surface area contributed by atoms with E-state index in [-0.39, 0.29) is 5.41 Å². The molecule has 1 aromatic heterocycles. The van der Waals surface area contributed by atoms with Crippen molar-refractivity contribution in [3.63, 3.8) is 0 Å². The number of thiophene rings is 1. The van der Waals surface area contributed by atoms with Gasteiger partial charge in [-0.2, -0.15) is 5.26 Å². The van der Waals surface area contributed by atoms with Crippen molar-refractivity contribution >= 4 is 27.3 Å². The van der Waals surface area contributed by atoms with Crippen LogP contribution in [0.5, 0.6) is 0 Å². The fourth-order valence-corrected chi connectivity index (χ4v) is 2.73. The molecule has 0 amide bonds. The van der Waals surface area contributed by atoms with E-state index in [0.29, 0.717) is 0 Å². The third-order valence-corrected chi connectivity index (χ3v) is 4.22. The summed E-state index contributed by atoms with van der Waals surface area (Å²) in [5.41, 5.74) is -0.215. The lowest BCUT2D eigenvalue weighted by atomic mass is 9.85. The normalized spacial score (nSPS) is 14.9. The highest BCUT2D eigenvalue weighted by Crippen LogP contribution is 2.32. The van der Waals surface area contributed by atoms with E-state index in [2.05, 4.69) is 28.9 Å². The van der Waals surface area contributed by atoms with Crippen LogP contribution in [0.4, 0.5) is 0 Å². The molecular formula is C10H12BrNS. The highest BCUT2D eigenvalue weighted by Gasteiger charge is 2.23. The van der Waals surface area contributed by atoms with E-state index < -0.39 is 0 Å². The third kappa shape index (κ3) is 2.55. The molecule has 3 heteroatoms. The van der Waals surface area contributed by atoms with E-state index in [1.165, 1.54) is 4.88 Å². The molecule has 0 N–H and O–H groups in total. The summed E-state index contributed by atoms with van der Waals surface area (Å²) < 4.78 is 1.13. The summed E-state index contributed by atoms with van der Waals surface area (Å²) in [6.07, 6.45) is 1.74. The first-order valence-corrected chi connectivity index (χ1v) is 5.91. The van der Waals surface area contributed by atoms with Crippen LogP contribution in [0.25, 0.3) is 0 Å². The minimum Gasteiger partial charge on any atom is -0.198 e. The maximum atomic E-state index is 9.01. The number of nitrogens with zero attached hydrogens (tertiary/aromatic N) is 1. The molecule has 0 aromatic carbocycles. The van der Waals surface area contributed by atoms with Gasteiger partial charge in [0.05, 0.1) is 11.5 Å². The first-order valence-electron chi connectivity index (χ1n) is 4.24. The van der Waals surface area contributed by atoms with Gasteiger partial charge in [0.2, 0.25) is 0 Å². The summed E-state index contributed by atoms with van der Waals surface area (Å²) in [5, 5.41) is 11.1. The van der Waals surface area contributed by atoms with Crippen molar-refractivity contribution in [1.82, 2.24) is 0 Å². The molecule has 13 heavy (non-hydrogen) atoms. The Hall–Kier alpha value is -0.330.